The molecule has 0 unspecified atom stereocenters. The number of carbonyl (C=O) groups is 2. The first kappa shape index (κ1) is 21.8. The van der Waals surface area contributed by atoms with Crippen LogP contribution in [0.3, 0.4) is 0 Å². The lowest BCUT2D eigenvalue weighted by Crippen LogP contribution is -2.48. The minimum Gasteiger partial charge on any atom is -0.492 e. The predicted molar refractivity (Wildman–Crippen MR) is 119 cm³/mol. The highest BCUT2D eigenvalue weighted by Gasteiger charge is 2.38. The first-order valence-corrected chi connectivity index (χ1v) is 10.5. The maximum atomic E-state index is 13.2. The Kier molecular flexibility index (Phi) is 7.11. The summed E-state index contributed by atoms with van der Waals surface area (Å²) in [5, 5.41) is 2.99. The van der Waals surface area contributed by atoms with Gasteiger partial charge >= 0.3 is 0 Å². The van der Waals surface area contributed by atoms with Gasteiger partial charge in [0.25, 0.3) is 5.91 Å². The van der Waals surface area contributed by atoms with E-state index in [1.807, 2.05) is 76.5 Å². The monoisotopic (exact) mass is 409 g/mol. The molecule has 6 heteroatoms. The van der Waals surface area contributed by atoms with E-state index in [4.69, 9.17) is 4.74 Å². The van der Waals surface area contributed by atoms with E-state index in [2.05, 4.69) is 10.2 Å². The number of anilines is 1. The fourth-order valence-corrected chi connectivity index (χ4v) is 3.63. The van der Waals surface area contributed by atoms with E-state index in [1.165, 1.54) is 0 Å². The first-order chi connectivity index (χ1) is 14.4. The minimum atomic E-state index is -0.522. The standard InChI is InChI=1S/C24H31N3O3/c1-5-17(2)22(27-16-18-8-6-7-9-21(18)24(27)29)23(28)25-19-10-12-20(13-11-19)30-15-14-26(3)4/h6-13,17,22H,5,14-16H2,1-4H3,(H,25,28)/t17-,22-/m0/s1. The van der Waals surface area contributed by atoms with Gasteiger partial charge in [-0.2, -0.15) is 0 Å². The normalized spacial score (nSPS) is 15.1. The number of nitrogens with one attached hydrogen (secondary N) is 1. The van der Waals surface area contributed by atoms with Crippen molar-refractivity contribution >= 4 is 17.5 Å². The van der Waals surface area contributed by atoms with Gasteiger partial charge in [0, 0.05) is 24.3 Å². The van der Waals surface area contributed by atoms with Crippen molar-refractivity contribution in [2.24, 2.45) is 5.92 Å². The lowest BCUT2D eigenvalue weighted by molar-refractivity contribution is -0.122. The third kappa shape index (κ3) is 5.00. The van der Waals surface area contributed by atoms with Gasteiger partial charge < -0.3 is 19.9 Å². The zero-order chi connectivity index (χ0) is 21.7. The molecule has 0 radical (unpaired) electrons. The molecule has 2 aromatic rings. The molecule has 1 aliphatic heterocycles. The van der Waals surface area contributed by atoms with Crippen LogP contribution in [0.1, 0.15) is 36.2 Å². The van der Waals surface area contributed by atoms with Crippen LogP contribution in [0.25, 0.3) is 0 Å². The van der Waals surface area contributed by atoms with Crippen LogP contribution in [0, 0.1) is 5.92 Å². The minimum absolute atomic E-state index is 0.0388. The summed E-state index contributed by atoms with van der Waals surface area (Å²) in [6.07, 6.45) is 0.802. The van der Waals surface area contributed by atoms with Crippen molar-refractivity contribution < 1.29 is 14.3 Å². The molecule has 2 atom stereocenters. The smallest absolute Gasteiger partial charge is 0.255 e. The molecular weight excluding hydrogens is 378 g/mol. The Balaban J connectivity index is 1.69. The molecule has 0 saturated carbocycles. The molecule has 0 aromatic heterocycles. The Morgan fingerprint density at radius 2 is 1.87 bits per heavy atom. The summed E-state index contributed by atoms with van der Waals surface area (Å²) in [4.78, 5) is 29.9. The van der Waals surface area contributed by atoms with Crippen molar-refractivity contribution in [1.82, 2.24) is 9.80 Å². The molecule has 1 heterocycles. The third-order valence-corrected chi connectivity index (χ3v) is 5.57. The molecule has 2 aromatic carbocycles. The fraction of sp³-hybridized carbons (Fsp3) is 0.417. The second-order valence-electron chi connectivity index (χ2n) is 8.09. The van der Waals surface area contributed by atoms with Gasteiger partial charge in [-0.25, -0.2) is 0 Å². The maximum absolute atomic E-state index is 13.2. The van der Waals surface area contributed by atoms with E-state index < -0.39 is 6.04 Å². The lowest BCUT2D eigenvalue weighted by atomic mass is 9.96. The summed E-state index contributed by atoms with van der Waals surface area (Å²) in [7, 11) is 4.00. The number of ether oxygens (including phenoxy) is 1. The van der Waals surface area contributed by atoms with Crippen molar-refractivity contribution in [2.45, 2.75) is 32.9 Å². The molecule has 1 aliphatic rings. The third-order valence-electron chi connectivity index (χ3n) is 5.57. The van der Waals surface area contributed by atoms with Gasteiger partial charge in [-0.3, -0.25) is 9.59 Å². The van der Waals surface area contributed by atoms with E-state index in [1.54, 1.807) is 4.90 Å². The molecule has 0 aliphatic carbocycles. The Labute approximate surface area is 178 Å². The quantitative estimate of drug-likeness (QED) is 0.687. The molecule has 30 heavy (non-hydrogen) atoms. The van der Waals surface area contributed by atoms with Crippen molar-refractivity contribution in [2.75, 3.05) is 32.6 Å². The lowest BCUT2D eigenvalue weighted by Gasteiger charge is -2.31. The first-order valence-electron chi connectivity index (χ1n) is 10.5. The van der Waals surface area contributed by atoms with E-state index >= 15 is 0 Å². The summed E-state index contributed by atoms with van der Waals surface area (Å²) >= 11 is 0. The Bertz CT molecular complexity index is 880. The summed E-state index contributed by atoms with van der Waals surface area (Å²) < 4.78 is 5.70. The van der Waals surface area contributed by atoms with Crippen molar-refractivity contribution in [3.8, 4) is 5.75 Å². The van der Waals surface area contributed by atoms with Crippen LogP contribution < -0.4 is 10.1 Å². The van der Waals surface area contributed by atoms with E-state index in [0.29, 0.717) is 24.4 Å². The zero-order valence-corrected chi connectivity index (χ0v) is 18.2. The van der Waals surface area contributed by atoms with Gasteiger partial charge in [-0.05, 0) is 55.9 Å². The number of amides is 2. The van der Waals surface area contributed by atoms with Crippen molar-refractivity contribution in [1.29, 1.82) is 0 Å². The molecule has 0 spiro atoms. The van der Waals surface area contributed by atoms with Crippen LogP contribution in [0.15, 0.2) is 48.5 Å². The molecule has 160 valence electrons. The Morgan fingerprint density at radius 3 is 2.50 bits per heavy atom. The van der Waals surface area contributed by atoms with E-state index in [0.717, 1.165) is 24.3 Å². The van der Waals surface area contributed by atoms with Crippen LogP contribution in [-0.4, -0.2) is 54.9 Å². The average molecular weight is 410 g/mol. The number of fused-ring (bicyclic) bond motifs is 1. The van der Waals surface area contributed by atoms with Crippen LogP contribution in [0.5, 0.6) is 5.75 Å². The summed E-state index contributed by atoms with van der Waals surface area (Å²) in [6, 6.07) is 14.4. The summed E-state index contributed by atoms with van der Waals surface area (Å²) in [5.41, 5.74) is 2.36. The Hall–Kier alpha value is -2.86. The second kappa shape index (κ2) is 9.76. The van der Waals surface area contributed by atoms with Gasteiger partial charge in [0.05, 0.1) is 0 Å². The topological polar surface area (TPSA) is 61.9 Å². The van der Waals surface area contributed by atoms with Crippen LogP contribution in [0.2, 0.25) is 0 Å². The highest BCUT2D eigenvalue weighted by Crippen LogP contribution is 2.29. The number of likely N-dealkylation sites (N-methyl/N-ethyl adjacent to an activating group) is 1. The molecule has 0 fully saturated rings. The molecule has 0 bridgehead atoms. The molecule has 0 saturated heterocycles. The van der Waals surface area contributed by atoms with Gasteiger partial charge in [-0.15, -0.1) is 0 Å². The van der Waals surface area contributed by atoms with Crippen LogP contribution >= 0.6 is 0 Å². The zero-order valence-electron chi connectivity index (χ0n) is 18.2. The van der Waals surface area contributed by atoms with Crippen LogP contribution in [-0.2, 0) is 11.3 Å². The highest BCUT2D eigenvalue weighted by molar-refractivity contribution is 6.03. The maximum Gasteiger partial charge on any atom is 0.255 e. The van der Waals surface area contributed by atoms with E-state index in [-0.39, 0.29) is 17.7 Å². The van der Waals surface area contributed by atoms with Gasteiger partial charge in [0.2, 0.25) is 5.91 Å². The van der Waals surface area contributed by atoms with Gasteiger partial charge in [0.1, 0.15) is 18.4 Å². The average Bonchev–Trinajstić information content (AvgIpc) is 3.05. The number of carbonyl (C=O) groups excluding carboxylic acids is 2. The second-order valence-corrected chi connectivity index (χ2v) is 8.09. The number of hydrogen-bond acceptors (Lipinski definition) is 4. The predicted octanol–water partition coefficient (Wildman–Crippen LogP) is 3.64. The molecule has 6 nitrogen and oxygen atoms in total. The number of rotatable bonds is 9. The summed E-state index contributed by atoms with van der Waals surface area (Å²) in [6.45, 7) is 5.96. The largest absolute Gasteiger partial charge is 0.492 e. The highest BCUT2D eigenvalue weighted by atomic mass is 16.5. The summed E-state index contributed by atoms with van der Waals surface area (Å²) in [5.74, 6) is 0.567. The van der Waals surface area contributed by atoms with Gasteiger partial charge in [-0.1, -0.05) is 38.5 Å². The Morgan fingerprint density at radius 1 is 1.17 bits per heavy atom. The molecular formula is C24H31N3O3. The number of benzene rings is 2. The van der Waals surface area contributed by atoms with Crippen molar-refractivity contribution in [3.63, 3.8) is 0 Å². The molecule has 2 amide bonds. The van der Waals surface area contributed by atoms with Gasteiger partial charge in [0.15, 0.2) is 0 Å². The fourth-order valence-electron chi connectivity index (χ4n) is 3.63. The number of nitrogens with zero attached hydrogens (tertiary/aromatic N) is 2. The molecule has 1 N–H and O–H groups in total. The number of hydrogen-bond donors (Lipinski definition) is 1. The SMILES string of the molecule is CC[C@H](C)[C@@H](C(=O)Nc1ccc(OCCN(C)C)cc1)N1Cc2ccccc2C1=O. The van der Waals surface area contributed by atoms with E-state index in [9.17, 15) is 9.59 Å². The van der Waals surface area contributed by atoms with Crippen LogP contribution in [0.4, 0.5) is 5.69 Å². The molecule has 3 rings (SSSR count). The van der Waals surface area contributed by atoms with Crippen molar-refractivity contribution in [3.05, 3.63) is 59.7 Å².